The van der Waals surface area contributed by atoms with Crippen LogP contribution in [-0.4, -0.2) is 12.0 Å². The first-order chi connectivity index (χ1) is 7.65. The molecule has 0 bridgehead atoms. The van der Waals surface area contributed by atoms with E-state index in [1.54, 1.807) is 13.1 Å². The van der Waals surface area contributed by atoms with Crippen LogP contribution >= 0.6 is 11.6 Å². The number of aryl methyl sites for hydroxylation is 1. The Balaban J connectivity index is 2.78. The molecule has 16 heavy (non-hydrogen) atoms. The van der Waals surface area contributed by atoms with Crippen LogP contribution in [0.3, 0.4) is 0 Å². The quantitative estimate of drug-likeness (QED) is 0.864. The van der Waals surface area contributed by atoms with E-state index in [1.165, 1.54) is 6.07 Å². The molecule has 2 rings (SSSR count). The second kappa shape index (κ2) is 4.26. The number of pyridine rings is 1. The second-order valence-electron chi connectivity index (χ2n) is 3.56. The summed E-state index contributed by atoms with van der Waals surface area (Å²) in [5, 5.41) is 4.10. The van der Waals surface area contributed by atoms with E-state index in [-0.39, 0.29) is 5.82 Å². The van der Waals surface area contributed by atoms with Gasteiger partial charge in [0.25, 0.3) is 0 Å². The van der Waals surface area contributed by atoms with Crippen molar-refractivity contribution in [2.24, 2.45) is 0 Å². The molecule has 0 aliphatic heterocycles. The molecular weight excluding hydrogens is 227 g/mol. The minimum absolute atomic E-state index is 0.353. The SMILES string of the molecule is CCc1cc2cc(Cl)cc(F)c2nc1NC. The Kier molecular flexibility index (Phi) is 2.97. The molecule has 4 heteroatoms. The number of aromatic nitrogens is 1. The van der Waals surface area contributed by atoms with Gasteiger partial charge in [0.1, 0.15) is 11.3 Å². The molecule has 1 N–H and O–H groups in total. The Morgan fingerprint density at radius 1 is 1.38 bits per heavy atom. The molecule has 2 nitrogen and oxygen atoms in total. The van der Waals surface area contributed by atoms with Crippen molar-refractivity contribution in [3.63, 3.8) is 0 Å². The van der Waals surface area contributed by atoms with E-state index in [0.29, 0.717) is 10.5 Å². The van der Waals surface area contributed by atoms with Crippen molar-refractivity contribution in [1.82, 2.24) is 4.98 Å². The Morgan fingerprint density at radius 3 is 2.75 bits per heavy atom. The van der Waals surface area contributed by atoms with Gasteiger partial charge < -0.3 is 5.32 Å². The summed E-state index contributed by atoms with van der Waals surface area (Å²) < 4.78 is 13.6. The lowest BCUT2D eigenvalue weighted by Crippen LogP contribution is -1.99. The molecule has 0 aliphatic carbocycles. The summed E-state index contributed by atoms with van der Waals surface area (Å²) in [6, 6.07) is 4.93. The average molecular weight is 239 g/mol. The van der Waals surface area contributed by atoms with Crippen LogP contribution < -0.4 is 5.32 Å². The zero-order chi connectivity index (χ0) is 11.7. The van der Waals surface area contributed by atoms with Gasteiger partial charge in [-0.2, -0.15) is 0 Å². The van der Waals surface area contributed by atoms with Gasteiger partial charge in [0.05, 0.1) is 0 Å². The molecule has 2 aromatic rings. The number of nitrogens with zero attached hydrogens (tertiary/aromatic N) is 1. The fourth-order valence-electron chi connectivity index (χ4n) is 1.74. The van der Waals surface area contributed by atoms with Crippen LogP contribution in [0.25, 0.3) is 10.9 Å². The Bertz CT molecular complexity index is 540. The lowest BCUT2D eigenvalue weighted by atomic mass is 10.1. The number of fused-ring (bicyclic) bond motifs is 1. The van der Waals surface area contributed by atoms with Gasteiger partial charge >= 0.3 is 0 Å². The Morgan fingerprint density at radius 2 is 2.12 bits per heavy atom. The van der Waals surface area contributed by atoms with E-state index < -0.39 is 0 Å². The summed E-state index contributed by atoms with van der Waals surface area (Å²) in [5.74, 6) is 0.331. The lowest BCUT2D eigenvalue weighted by Gasteiger charge is -2.09. The normalized spacial score (nSPS) is 10.8. The molecule has 0 spiro atoms. The van der Waals surface area contributed by atoms with Crippen LogP contribution in [0, 0.1) is 5.82 Å². The highest BCUT2D eigenvalue weighted by Gasteiger charge is 2.08. The van der Waals surface area contributed by atoms with Crippen molar-refractivity contribution < 1.29 is 4.39 Å². The van der Waals surface area contributed by atoms with E-state index in [9.17, 15) is 4.39 Å². The van der Waals surface area contributed by atoms with Crippen LogP contribution in [0.2, 0.25) is 5.02 Å². The summed E-state index contributed by atoms with van der Waals surface area (Å²) in [5.41, 5.74) is 1.41. The molecule has 1 aromatic heterocycles. The van der Waals surface area contributed by atoms with Crippen molar-refractivity contribution in [1.29, 1.82) is 0 Å². The average Bonchev–Trinajstić information content (AvgIpc) is 2.27. The predicted molar refractivity (Wildman–Crippen MR) is 65.6 cm³/mol. The van der Waals surface area contributed by atoms with Gasteiger partial charge in [0.2, 0.25) is 0 Å². The van der Waals surface area contributed by atoms with Crippen molar-refractivity contribution in [2.75, 3.05) is 12.4 Å². The summed E-state index contributed by atoms with van der Waals surface area (Å²) in [7, 11) is 1.78. The van der Waals surface area contributed by atoms with E-state index in [1.807, 2.05) is 13.0 Å². The number of halogens is 2. The minimum Gasteiger partial charge on any atom is -0.373 e. The monoisotopic (exact) mass is 238 g/mol. The molecule has 0 fully saturated rings. The Labute approximate surface area is 98.4 Å². The third-order valence-electron chi connectivity index (χ3n) is 2.53. The van der Waals surface area contributed by atoms with Gasteiger partial charge in [-0.05, 0) is 30.2 Å². The van der Waals surface area contributed by atoms with E-state index in [2.05, 4.69) is 10.3 Å². The maximum Gasteiger partial charge on any atom is 0.150 e. The van der Waals surface area contributed by atoms with Gasteiger partial charge in [-0.3, -0.25) is 0 Å². The molecule has 0 atom stereocenters. The highest BCUT2D eigenvalue weighted by molar-refractivity contribution is 6.31. The van der Waals surface area contributed by atoms with Crippen LogP contribution in [0.15, 0.2) is 18.2 Å². The zero-order valence-electron chi connectivity index (χ0n) is 9.14. The number of benzene rings is 1. The largest absolute Gasteiger partial charge is 0.373 e. The molecular formula is C12H12ClFN2. The minimum atomic E-state index is -0.387. The van der Waals surface area contributed by atoms with Crippen LogP contribution in [0.5, 0.6) is 0 Å². The molecule has 0 saturated heterocycles. The van der Waals surface area contributed by atoms with Gasteiger partial charge in [0, 0.05) is 17.5 Å². The van der Waals surface area contributed by atoms with Gasteiger partial charge in [-0.25, -0.2) is 9.37 Å². The molecule has 1 aromatic carbocycles. The predicted octanol–water partition coefficient (Wildman–Crippen LogP) is 3.63. The first kappa shape index (κ1) is 11.1. The molecule has 0 amide bonds. The van der Waals surface area contributed by atoms with Gasteiger partial charge in [-0.15, -0.1) is 0 Å². The number of hydrogen-bond acceptors (Lipinski definition) is 2. The van der Waals surface area contributed by atoms with Crippen LogP contribution in [0.4, 0.5) is 10.2 Å². The Hall–Kier alpha value is -1.35. The highest BCUT2D eigenvalue weighted by Crippen LogP contribution is 2.25. The van der Waals surface area contributed by atoms with Gasteiger partial charge in [-0.1, -0.05) is 18.5 Å². The molecule has 0 unspecified atom stereocenters. The fourth-order valence-corrected chi connectivity index (χ4v) is 1.95. The molecule has 84 valence electrons. The zero-order valence-corrected chi connectivity index (χ0v) is 9.90. The van der Waals surface area contributed by atoms with Crippen molar-refractivity contribution in [2.45, 2.75) is 13.3 Å². The fraction of sp³-hybridized carbons (Fsp3) is 0.250. The number of nitrogens with one attached hydrogen (secondary N) is 1. The smallest absolute Gasteiger partial charge is 0.150 e. The molecule has 0 aliphatic rings. The molecule has 0 saturated carbocycles. The van der Waals surface area contributed by atoms with E-state index in [0.717, 1.165) is 23.2 Å². The molecule has 1 heterocycles. The summed E-state index contributed by atoms with van der Waals surface area (Å²) in [6.07, 6.45) is 0.841. The summed E-state index contributed by atoms with van der Waals surface area (Å²) in [4.78, 5) is 4.26. The first-order valence-electron chi connectivity index (χ1n) is 5.12. The highest BCUT2D eigenvalue weighted by atomic mass is 35.5. The topological polar surface area (TPSA) is 24.9 Å². The third-order valence-corrected chi connectivity index (χ3v) is 2.75. The van der Waals surface area contributed by atoms with Crippen LogP contribution in [0.1, 0.15) is 12.5 Å². The van der Waals surface area contributed by atoms with Crippen molar-refractivity contribution in [3.8, 4) is 0 Å². The lowest BCUT2D eigenvalue weighted by molar-refractivity contribution is 0.637. The summed E-state index contributed by atoms with van der Waals surface area (Å²) >= 11 is 5.81. The molecule has 0 radical (unpaired) electrons. The first-order valence-corrected chi connectivity index (χ1v) is 5.50. The van der Waals surface area contributed by atoms with Crippen LogP contribution in [-0.2, 0) is 6.42 Å². The van der Waals surface area contributed by atoms with Crippen molar-refractivity contribution in [3.05, 3.63) is 34.6 Å². The van der Waals surface area contributed by atoms with Gasteiger partial charge in [0.15, 0.2) is 5.82 Å². The van der Waals surface area contributed by atoms with Crippen molar-refractivity contribution >= 4 is 28.3 Å². The third kappa shape index (κ3) is 1.83. The number of rotatable bonds is 2. The van der Waals surface area contributed by atoms with E-state index in [4.69, 9.17) is 11.6 Å². The number of anilines is 1. The van der Waals surface area contributed by atoms with E-state index >= 15 is 0 Å². The summed E-state index contributed by atoms with van der Waals surface area (Å²) in [6.45, 7) is 2.03. The maximum atomic E-state index is 13.6. The number of hydrogen-bond donors (Lipinski definition) is 1. The second-order valence-corrected chi connectivity index (χ2v) is 4.00. The standard InChI is InChI=1S/C12H12ClFN2/c1-3-7-4-8-5-9(13)6-10(14)11(8)16-12(7)15-2/h4-6H,3H2,1-2H3,(H,15,16). The maximum absolute atomic E-state index is 13.6.